The molecular weight excluding hydrogens is 358 g/mol. The van der Waals surface area contributed by atoms with Gasteiger partial charge in [0, 0.05) is 17.1 Å². The SMILES string of the molecule is CCC(C)c1ccc(NC(=O)COC(=O)c2nc3nc(C)cc(C)n3n2)cc1. The third kappa shape index (κ3) is 4.33. The highest BCUT2D eigenvalue weighted by Crippen LogP contribution is 2.20. The number of rotatable bonds is 6. The number of fused-ring (bicyclic) bond motifs is 1. The van der Waals surface area contributed by atoms with Crippen molar-refractivity contribution >= 4 is 23.3 Å². The lowest BCUT2D eigenvalue weighted by atomic mass is 9.99. The van der Waals surface area contributed by atoms with E-state index in [4.69, 9.17) is 4.74 Å². The first-order chi connectivity index (χ1) is 13.4. The fourth-order valence-electron chi connectivity index (χ4n) is 2.78. The number of amides is 1. The zero-order chi connectivity index (χ0) is 20.3. The molecule has 0 saturated carbocycles. The van der Waals surface area contributed by atoms with E-state index in [-0.39, 0.29) is 5.82 Å². The number of nitrogens with one attached hydrogen (secondary N) is 1. The van der Waals surface area contributed by atoms with Crippen LogP contribution in [0.1, 0.15) is 53.8 Å². The quantitative estimate of drug-likeness (QED) is 0.659. The summed E-state index contributed by atoms with van der Waals surface area (Å²) in [6.07, 6.45) is 1.05. The maximum Gasteiger partial charge on any atom is 0.378 e. The minimum absolute atomic E-state index is 0.132. The van der Waals surface area contributed by atoms with Crippen molar-refractivity contribution in [3.05, 3.63) is 53.1 Å². The molecule has 0 spiro atoms. The fourth-order valence-corrected chi connectivity index (χ4v) is 2.78. The second kappa shape index (κ2) is 8.16. The summed E-state index contributed by atoms with van der Waals surface area (Å²) in [5, 5.41) is 6.79. The van der Waals surface area contributed by atoms with Crippen LogP contribution in [0.15, 0.2) is 30.3 Å². The van der Waals surface area contributed by atoms with E-state index in [2.05, 4.69) is 34.2 Å². The summed E-state index contributed by atoms with van der Waals surface area (Å²) in [4.78, 5) is 32.5. The highest BCUT2D eigenvalue weighted by atomic mass is 16.5. The van der Waals surface area contributed by atoms with Gasteiger partial charge in [-0.25, -0.2) is 14.3 Å². The van der Waals surface area contributed by atoms with E-state index in [1.807, 2.05) is 44.2 Å². The maximum atomic E-state index is 12.2. The average Bonchev–Trinajstić information content (AvgIpc) is 3.10. The summed E-state index contributed by atoms with van der Waals surface area (Å²) >= 11 is 0. The highest BCUT2D eigenvalue weighted by molar-refractivity contribution is 5.94. The Morgan fingerprint density at radius 1 is 1.18 bits per heavy atom. The third-order valence-corrected chi connectivity index (χ3v) is 4.51. The van der Waals surface area contributed by atoms with Crippen LogP contribution in [-0.2, 0) is 9.53 Å². The molecule has 1 N–H and O–H groups in total. The lowest BCUT2D eigenvalue weighted by Crippen LogP contribution is -2.21. The molecule has 3 aromatic rings. The van der Waals surface area contributed by atoms with Crippen molar-refractivity contribution in [1.82, 2.24) is 19.6 Å². The molecule has 0 aliphatic carbocycles. The molecule has 0 saturated heterocycles. The molecule has 0 radical (unpaired) electrons. The normalized spacial score (nSPS) is 12.0. The summed E-state index contributed by atoms with van der Waals surface area (Å²) in [5.41, 5.74) is 3.43. The first-order valence-electron chi connectivity index (χ1n) is 9.15. The van der Waals surface area contributed by atoms with E-state index in [9.17, 15) is 9.59 Å². The summed E-state index contributed by atoms with van der Waals surface area (Å²) in [6, 6.07) is 9.46. The molecule has 0 aliphatic rings. The number of esters is 1. The number of carbonyl (C=O) groups is 2. The first kappa shape index (κ1) is 19.5. The van der Waals surface area contributed by atoms with Gasteiger partial charge in [-0.2, -0.15) is 4.98 Å². The smallest absolute Gasteiger partial charge is 0.378 e. The highest BCUT2D eigenvalue weighted by Gasteiger charge is 2.18. The molecule has 2 heterocycles. The van der Waals surface area contributed by atoms with E-state index >= 15 is 0 Å². The number of nitrogens with zero attached hydrogens (tertiary/aromatic N) is 4. The van der Waals surface area contributed by atoms with Crippen LogP contribution >= 0.6 is 0 Å². The Hall–Kier alpha value is -3.29. The predicted octanol–water partition coefficient (Wildman–Crippen LogP) is 3.05. The number of carbonyl (C=O) groups excluding carboxylic acids is 2. The van der Waals surface area contributed by atoms with E-state index < -0.39 is 18.5 Å². The number of anilines is 1. The number of aromatic nitrogens is 4. The third-order valence-electron chi connectivity index (χ3n) is 4.51. The minimum atomic E-state index is -0.773. The number of hydrogen-bond acceptors (Lipinski definition) is 6. The Morgan fingerprint density at radius 3 is 2.57 bits per heavy atom. The molecule has 0 fully saturated rings. The topological polar surface area (TPSA) is 98.5 Å². The van der Waals surface area contributed by atoms with Gasteiger partial charge < -0.3 is 10.1 Å². The second-order valence-corrected chi connectivity index (χ2v) is 6.74. The second-order valence-electron chi connectivity index (χ2n) is 6.74. The Morgan fingerprint density at radius 2 is 1.89 bits per heavy atom. The number of aryl methyl sites for hydroxylation is 2. The number of benzene rings is 1. The molecule has 1 atom stereocenters. The molecule has 1 aromatic carbocycles. The van der Waals surface area contributed by atoms with Gasteiger partial charge in [0.05, 0.1) is 0 Å². The van der Waals surface area contributed by atoms with Crippen molar-refractivity contribution in [1.29, 1.82) is 0 Å². The zero-order valence-corrected chi connectivity index (χ0v) is 16.4. The van der Waals surface area contributed by atoms with Crippen molar-refractivity contribution in [2.24, 2.45) is 0 Å². The van der Waals surface area contributed by atoms with Crippen LogP contribution in [0.5, 0.6) is 0 Å². The molecule has 1 amide bonds. The molecule has 1 unspecified atom stereocenters. The molecular formula is C20H23N5O3. The molecule has 3 rings (SSSR count). The number of ether oxygens (including phenoxy) is 1. The van der Waals surface area contributed by atoms with Gasteiger partial charge in [0.1, 0.15) is 0 Å². The lowest BCUT2D eigenvalue weighted by Gasteiger charge is -2.10. The molecule has 8 heteroatoms. The lowest BCUT2D eigenvalue weighted by molar-refractivity contribution is -0.119. The van der Waals surface area contributed by atoms with Crippen LogP contribution in [-0.4, -0.2) is 38.1 Å². The van der Waals surface area contributed by atoms with Gasteiger partial charge >= 0.3 is 5.97 Å². The minimum Gasteiger partial charge on any atom is -0.450 e. The van der Waals surface area contributed by atoms with Crippen LogP contribution in [0.25, 0.3) is 5.78 Å². The van der Waals surface area contributed by atoms with E-state index in [1.54, 1.807) is 0 Å². The van der Waals surface area contributed by atoms with Gasteiger partial charge in [-0.3, -0.25) is 4.79 Å². The summed E-state index contributed by atoms with van der Waals surface area (Å²) in [5.74, 6) is -0.559. The standard InChI is InChI=1S/C20H23N5O3/c1-5-12(2)15-6-8-16(9-7-15)22-17(26)11-28-19(27)18-23-20-21-13(3)10-14(4)25(20)24-18/h6-10,12H,5,11H2,1-4H3,(H,22,26). The molecule has 8 nitrogen and oxygen atoms in total. The van der Waals surface area contributed by atoms with Crippen molar-refractivity contribution in [3.63, 3.8) is 0 Å². The van der Waals surface area contributed by atoms with E-state index in [0.29, 0.717) is 17.4 Å². The molecule has 2 aromatic heterocycles. The Labute approximate surface area is 163 Å². The van der Waals surface area contributed by atoms with Crippen LogP contribution in [0, 0.1) is 13.8 Å². The molecule has 0 aliphatic heterocycles. The Bertz CT molecular complexity index is 1010. The molecule has 28 heavy (non-hydrogen) atoms. The average molecular weight is 381 g/mol. The largest absolute Gasteiger partial charge is 0.450 e. The zero-order valence-electron chi connectivity index (χ0n) is 16.4. The summed E-state index contributed by atoms with van der Waals surface area (Å²) in [6.45, 7) is 7.53. The molecule has 0 bridgehead atoms. The summed E-state index contributed by atoms with van der Waals surface area (Å²) < 4.78 is 6.48. The van der Waals surface area contributed by atoms with Crippen molar-refractivity contribution in [2.75, 3.05) is 11.9 Å². The molecule has 146 valence electrons. The Balaban J connectivity index is 1.58. The van der Waals surface area contributed by atoms with Gasteiger partial charge in [-0.15, -0.1) is 5.10 Å². The monoisotopic (exact) mass is 381 g/mol. The predicted molar refractivity (Wildman–Crippen MR) is 104 cm³/mol. The van der Waals surface area contributed by atoms with Crippen molar-refractivity contribution < 1.29 is 14.3 Å². The Kier molecular flexibility index (Phi) is 5.67. The van der Waals surface area contributed by atoms with Gasteiger partial charge in [0.25, 0.3) is 17.5 Å². The van der Waals surface area contributed by atoms with Gasteiger partial charge in [-0.05, 0) is 49.9 Å². The van der Waals surface area contributed by atoms with Crippen molar-refractivity contribution in [3.8, 4) is 0 Å². The van der Waals surface area contributed by atoms with Crippen LogP contribution in [0.2, 0.25) is 0 Å². The van der Waals surface area contributed by atoms with Gasteiger partial charge in [0.15, 0.2) is 6.61 Å². The first-order valence-corrected chi connectivity index (χ1v) is 9.15. The van der Waals surface area contributed by atoms with Crippen LogP contribution < -0.4 is 5.32 Å². The van der Waals surface area contributed by atoms with Gasteiger partial charge in [0.2, 0.25) is 0 Å². The van der Waals surface area contributed by atoms with Crippen LogP contribution in [0.3, 0.4) is 0 Å². The van der Waals surface area contributed by atoms with E-state index in [1.165, 1.54) is 10.1 Å². The fraction of sp³-hybridized carbons (Fsp3) is 0.350. The van der Waals surface area contributed by atoms with Crippen LogP contribution in [0.4, 0.5) is 5.69 Å². The summed E-state index contributed by atoms with van der Waals surface area (Å²) in [7, 11) is 0. The van der Waals surface area contributed by atoms with Crippen molar-refractivity contribution in [2.45, 2.75) is 40.0 Å². The maximum absolute atomic E-state index is 12.2. The number of hydrogen-bond donors (Lipinski definition) is 1. The van der Waals surface area contributed by atoms with E-state index in [0.717, 1.165) is 17.8 Å². The van der Waals surface area contributed by atoms with Gasteiger partial charge in [-0.1, -0.05) is 26.0 Å².